The van der Waals surface area contributed by atoms with Crippen molar-refractivity contribution in [3.05, 3.63) is 36.5 Å². The Kier molecular flexibility index (Phi) is 45.3. The summed E-state index contributed by atoms with van der Waals surface area (Å²) in [6.07, 6.45) is 48.0. The third-order valence-electron chi connectivity index (χ3n) is 14.0. The second-order valence-corrected chi connectivity index (χ2v) is 21.8. The molecular formula is C58H109NO12S. The number of nitrogens with one attached hydrogen (secondary N) is 1. The summed E-state index contributed by atoms with van der Waals surface area (Å²) < 4.78 is 47.8. The van der Waals surface area contributed by atoms with Crippen LogP contribution in [-0.4, -0.2) is 107 Å². The number of allylic oxidation sites excluding steroid dienone is 5. The molecule has 1 heterocycles. The van der Waals surface area contributed by atoms with Gasteiger partial charge in [-0.05, 0) is 44.9 Å². The summed E-state index contributed by atoms with van der Waals surface area (Å²) >= 11 is 0. The van der Waals surface area contributed by atoms with Gasteiger partial charge in [0.1, 0.15) is 30.5 Å². The van der Waals surface area contributed by atoms with Gasteiger partial charge in [-0.25, -0.2) is 4.18 Å². The molecule has 0 aliphatic carbocycles. The van der Waals surface area contributed by atoms with E-state index in [1.54, 1.807) is 6.08 Å². The van der Waals surface area contributed by atoms with Crippen LogP contribution in [0.4, 0.5) is 0 Å². The maximum absolute atomic E-state index is 13.2. The summed E-state index contributed by atoms with van der Waals surface area (Å²) in [5, 5.41) is 55.5. The molecule has 13 nitrogen and oxygen atoms in total. The van der Waals surface area contributed by atoms with Crippen molar-refractivity contribution in [1.29, 1.82) is 0 Å². The van der Waals surface area contributed by atoms with Crippen LogP contribution in [0, 0.1) is 0 Å². The molecule has 0 aromatic heterocycles. The highest BCUT2D eigenvalue weighted by molar-refractivity contribution is 7.80. The van der Waals surface area contributed by atoms with Crippen LogP contribution in [0.3, 0.4) is 0 Å². The molecule has 8 atom stereocenters. The summed E-state index contributed by atoms with van der Waals surface area (Å²) in [5.74, 6) is -0.711. The highest BCUT2D eigenvalue weighted by atomic mass is 32.3. The van der Waals surface area contributed by atoms with Gasteiger partial charge in [0.15, 0.2) is 6.29 Å². The lowest BCUT2D eigenvalue weighted by molar-refractivity contribution is -0.298. The third-order valence-corrected chi connectivity index (χ3v) is 14.5. The number of rotatable bonds is 51. The Hall–Kier alpha value is -1.72. The minimum atomic E-state index is -5.13. The summed E-state index contributed by atoms with van der Waals surface area (Å²) in [4.78, 5) is 13.2. The number of amides is 1. The second kappa shape index (κ2) is 47.7. The molecular weight excluding hydrogens is 935 g/mol. The van der Waals surface area contributed by atoms with Crippen molar-refractivity contribution in [2.45, 2.75) is 313 Å². The number of ether oxygens (including phenoxy) is 2. The zero-order valence-electron chi connectivity index (χ0n) is 45.6. The van der Waals surface area contributed by atoms with Crippen LogP contribution in [-0.2, 0) is 28.9 Å². The van der Waals surface area contributed by atoms with Crippen molar-refractivity contribution in [2.24, 2.45) is 0 Å². The minimum Gasteiger partial charge on any atom is -0.394 e. The molecule has 0 aromatic carbocycles. The Bertz CT molecular complexity index is 1430. The monoisotopic (exact) mass is 1040 g/mol. The van der Waals surface area contributed by atoms with E-state index < -0.39 is 78.5 Å². The number of carbonyl (C=O) groups is 1. The second-order valence-electron chi connectivity index (χ2n) is 20.7. The first-order chi connectivity index (χ1) is 34.9. The van der Waals surface area contributed by atoms with Gasteiger partial charge in [0, 0.05) is 0 Å². The zero-order valence-corrected chi connectivity index (χ0v) is 46.4. The predicted molar refractivity (Wildman–Crippen MR) is 293 cm³/mol. The fourth-order valence-electron chi connectivity index (χ4n) is 9.38. The van der Waals surface area contributed by atoms with Gasteiger partial charge in [0.25, 0.3) is 0 Å². The van der Waals surface area contributed by atoms with Gasteiger partial charge in [-0.2, -0.15) is 8.42 Å². The Morgan fingerprint density at radius 1 is 0.556 bits per heavy atom. The molecule has 424 valence electrons. The van der Waals surface area contributed by atoms with Crippen LogP contribution >= 0.6 is 0 Å². The predicted octanol–water partition coefficient (Wildman–Crippen LogP) is 12.8. The molecule has 1 aliphatic rings. The smallest absolute Gasteiger partial charge is 0.394 e. The molecule has 0 aromatic rings. The largest absolute Gasteiger partial charge is 0.397 e. The average Bonchev–Trinajstić information content (AvgIpc) is 3.36. The van der Waals surface area contributed by atoms with Crippen LogP contribution in [0.2, 0.25) is 0 Å². The van der Waals surface area contributed by atoms with E-state index in [4.69, 9.17) is 9.47 Å². The normalized spacial score (nSPS) is 20.0. The Labute approximate surface area is 439 Å². The van der Waals surface area contributed by atoms with Gasteiger partial charge in [-0.15, -0.1) is 0 Å². The van der Waals surface area contributed by atoms with Crippen molar-refractivity contribution < 1.29 is 57.0 Å². The van der Waals surface area contributed by atoms with Crippen molar-refractivity contribution in [3.63, 3.8) is 0 Å². The van der Waals surface area contributed by atoms with Crippen LogP contribution in [0.1, 0.15) is 264 Å². The van der Waals surface area contributed by atoms with Gasteiger partial charge in [0.2, 0.25) is 5.91 Å². The van der Waals surface area contributed by atoms with Gasteiger partial charge in [-0.3, -0.25) is 9.35 Å². The lowest BCUT2D eigenvalue weighted by Crippen LogP contribution is -2.61. The SMILES string of the molecule is CCCCCCCCCCCCC/C=C/CC/C=C/CC/C=C/C(O)C(COC1OC(CO)C(O)C(OS(=O)(=O)O)C1O)NC(=O)C(O)CCCCCCCCCCCCCCCCCCCCCCCC. The van der Waals surface area contributed by atoms with Gasteiger partial charge in [0.05, 0.1) is 25.4 Å². The van der Waals surface area contributed by atoms with E-state index in [-0.39, 0.29) is 6.42 Å². The zero-order chi connectivity index (χ0) is 52.8. The number of unbranched alkanes of at least 4 members (excludes halogenated alkanes) is 34. The van der Waals surface area contributed by atoms with Crippen LogP contribution in [0.15, 0.2) is 36.5 Å². The number of hydrogen-bond donors (Lipinski definition) is 7. The van der Waals surface area contributed by atoms with Crippen molar-refractivity contribution in [3.8, 4) is 0 Å². The molecule has 0 spiro atoms. The molecule has 1 fully saturated rings. The molecule has 7 N–H and O–H groups in total. The molecule has 72 heavy (non-hydrogen) atoms. The number of aliphatic hydroxyl groups is 5. The first kappa shape index (κ1) is 68.3. The first-order valence-electron chi connectivity index (χ1n) is 29.5. The van der Waals surface area contributed by atoms with E-state index >= 15 is 0 Å². The van der Waals surface area contributed by atoms with E-state index in [0.717, 1.165) is 44.9 Å². The molecule has 1 aliphatic heterocycles. The summed E-state index contributed by atoms with van der Waals surface area (Å²) in [7, 11) is -5.13. The van der Waals surface area contributed by atoms with E-state index in [1.807, 2.05) is 0 Å². The first-order valence-corrected chi connectivity index (χ1v) is 30.8. The van der Waals surface area contributed by atoms with Crippen molar-refractivity contribution in [2.75, 3.05) is 13.2 Å². The van der Waals surface area contributed by atoms with E-state index in [9.17, 15) is 43.3 Å². The topological polar surface area (TPSA) is 212 Å². The van der Waals surface area contributed by atoms with Gasteiger partial charge in [-0.1, -0.05) is 256 Å². The Morgan fingerprint density at radius 3 is 1.33 bits per heavy atom. The van der Waals surface area contributed by atoms with Crippen molar-refractivity contribution >= 4 is 16.3 Å². The average molecular weight is 1040 g/mol. The van der Waals surface area contributed by atoms with Crippen LogP contribution < -0.4 is 5.32 Å². The molecule has 1 saturated heterocycles. The quantitative estimate of drug-likeness (QED) is 0.0172. The lowest BCUT2D eigenvalue weighted by Gasteiger charge is -2.41. The fourth-order valence-corrected chi connectivity index (χ4v) is 9.89. The highest BCUT2D eigenvalue weighted by Gasteiger charge is 2.48. The maximum atomic E-state index is 13.2. The fraction of sp³-hybridized carbons (Fsp3) is 0.879. The molecule has 14 heteroatoms. The molecule has 0 radical (unpaired) electrons. The van der Waals surface area contributed by atoms with E-state index in [0.29, 0.717) is 12.8 Å². The van der Waals surface area contributed by atoms with Crippen LogP contribution in [0.5, 0.6) is 0 Å². The van der Waals surface area contributed by atoms with E-state index in [2.05, 4.69) is 47.7 Å². The standard InChI is InChI=1S/C58H109NO12S/c1-3-5-7-9-11-13-15-17-19-21-23-25-27-29-31-33-35-37-39-41-43-45-47-52(62)57(65)59-50(49-69-58-55(64)56(71-72(66,67)68)54(63)53(48-60)70-58)51(61)46-44-42-40-38-36-34-32-30-28-26-24-22-20-18-16-14-12-10-8-6-4-2/h28,30,36,38,44,46,50-56,58,60-64H,3-27,29,31-35,37,39-43,45,47-49H2,1-2H3,(H,59,65)(H,66,67,68)/b30-28+,38-36+,46-44+. The Morgan fingerprint density at radius 2 is 0.931 bits per heavy atom. The third kappa shape index (κ3) is 38.8. The highest BCUT2D eigenvalue weighted by Crippen LogP contribution is 2.26. The summed E-state index contributed by atoms with van der Waals surface area (Å²) in [6.45, 7) is 3.25. The Balaban J connectivity index is 2.45. The summed E-state index contributed by atoms with van der Waals surface area (Å²) in [6, 6.07) is -1.14. The number of carbonyl (C=O) groups excluding carboxylic acids is 1. The van der Waals surface area contributed by atoms with Gasteiger partial charge < -0.3 is 40.3 Å². The molecule has 1 rings (SSSR count). The summed E-state index contributed by atoms with van der Waals surface area (Å²) in [5.41, 5.74) is 0. The van der Waals surface area contributed by atoms with Crippen molar-refractivity contribution in [1.82, 2.24) is 5.32 Å². The maximum Gasteiger partial charge on any atom is 0.397 e. The lowest BCUT2D eigenvalue weighted by atomic mass is 9.99. The van der Waals surface area contributed by atoms with Crippen LogP contribution in [0.25, 0.3) is 0 Å². The molecule has 0 bridgehead atoms. The van der Waals surface area contributed by atoms with E-state index in [1.165, 1.54) is 192 Å². The van der Waals surface area contributed by atoms with Gasteiger partial charge >= 0.3 is 10.4 Å². The number of aliphatic hydroxyl groups excluding tert-OH is 5. The molecule has 8 unspecified atom stereocenters. The molecule has 1 amide bonds. The minimum absolute atomic E-state index is 0.237. The number of hydrogen-bond acceptors (Lipinski definition) is 11. The molecule has 0 saturated carbocycles.